The third-order valence-electron chi connectivity index (χ3n) is 5.99. The normalized spacial score (nSPS) is 23.0. The number of carbonyl (C=O) groups is 1. The second-order valence-corrected chi connectivity index (χ2v) is 10.6. The summed E-state index contributed by atoms with van der Waals surface area (Å²) in [6.07, 6.45) is 3.97. The first kappa shape index (κ1) is 23.0. The first-order valence-electron chi connectivity index (χ1n) is 11.0. The van der Waals surface area contributed by atoms with Crippen molar-refractivity contribution in [1.82, 2.24) is 14.5 Å². The molecule has 0 aliphatic carbocycles. The molecule has 2 fully saturated rings. The fraction of sp³-hybridized carbons (Fsp3) is 0.682. The molecule has 1 aromatic rings. The van der Waals surface area contributed by atoms with Gasteiger partial charge in [0.05, 0.1) is 17.6 Å². The van der Waals surface area contributed by atoms with Gasteiger partial charge in [0, 0.05) is 32.7 Å². The molecule has 0 unspecified atom stereocenters. The molecule has 8 heteroatoms. The minimum atomic E-state index is -3.68. The second-order valence-electron chi connectivity index (χ2n) is 8.82. The molecular formula is C22H35N3O4S. The quantitative estimate of drug-likeness (QED) is 0.633. The summed E-state index contributed by atoms with van der Waals surface area (Å²) >= 11 is 0. The van der Waals surface area contributed by atoms with Gasteiger partial charge in [0.15, 0.2) is 0 Å². The maximum Gasteiger partial charge on any atom is 0.257 e. The Labute approximate surface area is 180 Å². The molecule has 1 aromatic carbocycles. The highest BCUT2D eigenvalue weighted by Crippen LogP contribution is 2.25. The van der Waals surface area contributed by atoms with E-state index in [1.807, 2.05) is 0 Å². The Morgan fingerprint density at radius 2 is 1.83 bits per heavy atom. The number of methoxy groups -OCH3 is 1. The van der Waals surface area contributed by atoms with E-state index in [4.69, 9.17) is 4.74 Å². The molecule has 0 saturated carbocycles. The number of carbonyl (C=O) groups excluding carboxylic acids is 1. The first-order chi connectivity index (χ1) is 14.3. The van der Waals surface area contributed by atoms with Crippen molar-refractivity contribution in [1.29, 1.82) is 0 Å². The molecule has 7 nitrogen and oxygen atoms in total. The van der Waals surface area contributed by atoms with Gasteiger partial charge in [-0.1, -0.05) is 13.8 Å². The number of benzene rings is 1. The smallest absolute Gasteiger partial charge is 0.257 e. The molecule has 1 amide bonds. The summed E-state index contributed by atoms with van der Waals surface area (Å²) in [5.74, 6) is 1.61. The van der Waals surface area contributed by atoms with E-state index in [1.54, 1.807) is 11.0 Å². The van der Waals surface area contributed by atoms with Gasteiger partial charge in [-0.15, -0.1) is 0 Å². The van der Waals surface area contributed by atoms with Crippen molar-refractivity contribution in [3.8, 4) is 5.75 Å². The lowest BCUT2D eigenvalue weighted by atomic mass is 9.92. The summed E-state index contributed by atoms with van der Waals surface area (Å²) in [6.45, 7) is 9.37. The van der Waals surface area contributed by atoms with E-state index >= 15 is 0 Å². The number of nitrogens with zero attached hydrogens (tertiary/aromatic N) is 2. The third kappa shape index (κ3) is 5.74. The van der Waals surface area contributed by atoms with Gasteiger partial charge in [-0.3, -0.25) is 4.79 Å². The van der Waals surface area contributed by atoms with Gasteiger partial charge in [0.2, 0.25) is 10.0 Å². The van der Waals surface area contributed by atoms with Crippen molar-refractivity contribution in [3.05, 3.63) is 23.8 Å². The average molecular weight is 438 g/mol. The number of rotatable bonds is 8. The van der Waals surface area contributed by atoms with Crippen molar-refractivity contribution in [2.24, 2.45) is 11.8 Å². The summed E-state index contributed by atoms with van der Waals surface area (Å²) in [7, 11) is -2.19. The third-order valence-corrected chi connectivity index (χ3v) is 7.45. The van der Waals surface area contributed by atoms with E-state index in [9.17, 15) is 13.2 Å². The molecule has 0 radical (unpaired) electrons. The number of likely N-dealkylation sites (tertiary alicyclic amines) is 2. The summed E-state index contributed by atoms with van der Waals surface area (Å²) < 4.78 is 33.6. The topological polar surface area (TPSA) is 79.0 Å². The molecule has 2 atom stereocenters. The first-order valence-corrected chi connectivity index (χ1v) is 12.5. The molecule has 2 aliphatic rings. The molecule has 0 spiro atoms. The molecule has 30 heavy (non-hydrogen) atoms. The summed E-state index contributed by atoms with van der Waals surface area (Å²) in [4.78, 5) is 17.1. The highest BCUT2D eigenvalue weighted by Gasteiger charge is 2.25. The van der Waals surface area contributed by atoms with Gasteiger partial charge >= 0.3 is 0 Å². The largest absolute Gasteiger partial charge is 0.496 e. The van der Waals surface area contributed by atoms with E-state index < -0.39 is 10.0 Å². The van der Waals surface area contributed by atoms with E-state index in [0.717, 1.165) is 38.9 Å². The highest BCUT2D eigenvalue weighted by molar-refractivity contribution is 7.89. The van der Waals surface area contributed by atoms with Crippen LogP contribution in [0, 0.1) is 11.8 Å². The Kier molecular flexibility index (Phi) is 7.76. The van der Waals surface area contributed by atoms with E-state index in [-0.39, 0.29) is 10.8 Å². The number of ether oxygens (including phenoxy) is 1. The molecular weight excluding hydrogens is 402 g/mol. The minimum absolute atomic E-state index is 0.103. The number of hydrogen-bond donors (Lipinski definition) is 1. The number of amides is 1. The average Bonchev–Trinajstić information content (AvgIpc) is 3.24. The maximum atomic E-state index is 12.8. The monoisotopic (exact) mass is 437 g/mol. The summed E-state index contributed by atoms with van der Waals surface area (Å²) in [6, 6.07) is 4.50. The van der Waals surface area contributed by atoms with Crippen LogP contribution in [-0.2, 0) is 10.0 Å². The summed E-state index contributed by atoms with van der Waals surface area (Å²) in [5.41, 5.74) is 0.304. The van der Waals surface area contributed by atoms with Crippen LogP contribution in [0.4, 0.5) is 0 Å². The van der Waals surface area contributed by atoms with Crippen LogP contribution in [0.3, 0.4) is 0 Å². The predicted octanol–water partition coefficient (Wildman–Crippen LogP) is 2.58. The zero-order chi connectivity index (χ0) is 21.7. The molecule has 0 aromatic heterocycles. The fourth-order valence-corrected chi connectivity index (χ4v) is 5.78. The number of sulfonamides is 1. The van der Waals surface area contributed by atoms with E-state index in [1.165, 1.54) is 25.7 Å². The van der Waals surface area contributed by atoms with Crippen molar-refractivity contribution in [2.75, 3.05) is 46.4 Å². The zero-order valence-electron chi connectivity index (χ0n) is 18.4. The van der Waals surface area contributed by atoms with Crippen LogP contribution < -0.4 is 9.46 Å². The number of nitrogens with one attached hydrogen (secondary N) is 1. The van der Waals surface area contributed by atoms with Crippen LogP contribution in [0.25, 0.3) is 0 Å². The van der Waals surface area contributed by atoms with Crippen LogP contribution in [0.15, 0.2) is 23.1 Å². The zero-order valence-corrected chi connectivity index (χ0v) is 19.2. The molecule has 2 aliphatic heterocycles. The van der Waals surface area contributed by atoms with Crippen LogP contribution >= 0.6 is 0 Å². The lowest BCUT2D eigenvalue weighted by molar-refractivity contribution is 0.0789. The van der Waals surface area contributed by atoms with Crippen molar-refractivity contribution >= 4 is 15.9 Å². The maximum absolute atomic E-state index is 12.8. The molecule has 0 bridgehead atoms. The molecule has 2 saturated heterocycles. The Balaban J connectivity index is 1.61. The second kappa shape index (κ2) is 10.1. The van der Waals surface area contributed by atoms with Gasteiger partial charge in [-0.05, 0) is 62.3 Å². The minimum Gasteiger partial charge on any atom is -0.496 e. The van der Waals surface area contributed by atoms with Gasteiger partial charge in [0.25, 0.3) is 5.91 Å². The van der Waals surface area contributed by atoms with Gasteiger partial charge in [0.1, 0.15) is 5.75 Å². The Hall–Kier alpha value is -1.64. The van der Waals surface area contributed by atoms with Crippen molar-refractivity contribution < 1.29 is 17.9 Å². The van der Waals surface area contributed by atoms with Crippen LogP contribution in [-0.4, -0.2) is 70.5 Å². The van der Waals surface area contributed by atoms with Gasteiger partial charge < -0.3 is 14.5 Å². The fourth-order valence-electron chi connectivity index (χ4n) is 4.68. The highest BCUT2D eigenvalue weighted by atomic mass is 32.2. The Morgan fingerprint density at radius 3 is 2.47 bits per heavy atom. The molecule has 1 N–H and O–H groups in total. The standard InChI is InChI=1S/C22H35N3O4S/c1-17-13-18(2)16-24(15-17)10-6-9-23-30(27,28)19-7-8-21(29-3)20(14-19)22(26)25-11-4-5-12-25/h7-8,14,17-18,23H,4-6,9-13,15-16H2,1-3H3/t17-,18-/m0/s1. The van der Waals surface area contributed by atoms with Crippen LogP contribution in [0.2, 0.25) is 0 Å². The van der Waals surface area contributed by atoms with Gasteiger partial charge in [-0.25, -0.2) is 13.1 Å². The van der Waals surface area contributed by atoms with Crippen LogP contribution in [0.5, 0.6) is 5.75 Å². The summed E-state index contributed by atoms with van der Waals surface area (Å²) in [5, 5.41) is 0. The number of piperidine rings is 1. The van der Waals surface area contributed by atoms with E-state index in [2.05, 4.69) is 23.5 Å². The number of hydrogen-bond acceptors (Lipinski definition) is 5. The Bertz CT molecular complexity index is 827. The lowest BCUT2D eigenvalue weighted by Crippen LogP contribution is -2.40. The molecule has 2 heterocycles. The molecule has 3 rings (SSSR count). The SMILES string of the molecule is COc1ccc(S(=O)(=O)NCCCN2C[C@@H](C)C[C@H](C)C2)cc1C(=O)N1CCCC1. The molecule has 168 valence electrons. The van der Waals surface area contributed by atoms with Crippen molar-refractivity contribution in [3.63, 3.8) is 0 Å². The lowest BCUT2D eigenvalue weighted by Gasteiger charge is -2.34. The Morgan fingerprint density at radius 1 is 1.17 bits per heavy atom. The van der Waals surface area contributed by atoms with Crippen LogP contribution in [0.1, 0.15) is 49.9 Å². The predicted molar refractivity (Wildman–Crippen MR) is 117 cm³/mol. The van der Waals surface area contributed by atoms with E-state index in [0.29, 0.717) is 42.8 Å². The van der Waals surface area contributed by atoms with Crippen molar-refractivity contribution in [2.45, 2.75) is 44.4 Å². The van der Waals surface area contributed by atoms with Gasteiger partial charge in [-0.2, -0.15) is 0 Å².